The predicted octanol–water partition coefficient (Wildman–Crippen LogP) is 3.03. The van der Waals surface area contributed by atoms with Crippen molar-refractivity contribution in [1.82, 2.24) is 20.5 Å². The highest BCUT2D eigenvalue weighted by atomic mass is 16.2. The molecular weight excluding hydrogens is 426 g/mol. The fraction of sp³-hybridized carbons (Fsp3) is 0.370. The van der Waals surface area contributed by atoms with Gasteiger partial charge in [0, 0.05) is 30.7 Å². The van der Waals surface area contributed by atoms with Crippen LogP contribution in [0.15, 0.2) is 60.8 Å². The number of aromatic nitrogens is 1. The molecule has 7 nitrogen and oxygen atoms in total. The quantitative estimate of drug-likeness (QED) is 0.457. The van der Waals surface area contributed by atoms with Gasteiger partial charge in [0.05, 0.1) is 6.04 Å². The minimum Gasteiger partial charge on any atom is -0.383 e. The summed E-state index contributed by atoms with van der Waals surface area (Å²) in [4.78, 5) is 32.0. The van der Waals surface area contributed by atoms with Gasteiger partial charge < -0.3 is 21.3 Å². The van der Waals surface area contributed by atoms with Crippen LogP contribution >= 0.6 is 0 Å². The monoisotopic (exact) mass is 459 g/mol. The van der Waals surface area contributed by atoms with Gasteiger partial charge in [0.25, 0.3) is 0 Å². The fourth-order valence-electron chi connectivity index (χ4n) is 4.43. The first-order chi connectivity index (χ1) is 16.4. The number of amides is 2. The molecule has 2 aromatic carbocycles. The lowest BCUT2D eigenvalue weighted by molar-refractivity contribution is -0.149. The van der Waals surface area contributed by atoms with Crippen molar-refractivity contribution >= 4 is 28.4 Å². The molecule has 3 aromatic rings. The van der Waals surface area contributed by atoms with Crippen molar-refractivity contribution in [3.63, 3.8) is 0 Å². The first-order valence-corrected chi connectivity index (χ1v) is 11.9. The van der Waals surface area contributed by atoms with Crippen LogP contribution in [-0.2, 0) is 22.6 Å². The number of rotatable bonds is 9. The molecule has 0 radical (unpaired) electrons. The Kier molecular flexibility index (Phi) is 7.43. The number of aryl methyl sites for hydroxylation is 1. The standard InChI is InChI=1S/C27H33N5O2/c1-18(2)31-23(11-9-19-6-4-3-5-7-19)27(34)32-15-13-24(32)26(33)30-17-20-8-10-22-21(16-20)12-14-29-25(22)28/h3-8,10,12,14,16,18,23-24,31H,9,11,13,15,17H2,1-2H3,(H2,28,29)(H,30,33)/t23?,24-/m0/s1. The van der Waals surface area contributed by atoms with Gasteiger partial charge >= 0.3 is 0 Å². The number of nitrogen functional groups attached to an aromatic ring is 1. The molecule has 2 amide bonds. The molecular formula is C27H33N5O2. The molecule has 4 rings (SSSR count). The summed E-state index contributed by atoms with van der Waals surface area (Å²) >= 11 is 0. The zero-order valence-electron chi connectivity index (χ0n) is 19.8. The van der Waals surface area contributed by atoms with Gasteiger partial charge in [-0.25, -0.2) is 4.98 Å². The second-order valence-electron chi connectivity index (χ2n) is 9.20. The first kappa shape index (κ1) is 23.7. The number of nitrogens with two attached hydrogens (primary N) is 1. The van der Waals surface area contributed by atoms with Crippen LogP contribution in [0.5, 0.6) is 0 Å². The van der Waals surface area contributed by atoms with E-state index in [1.54, 1.807) is 11.1 Å². The van der Waals surface area contributed by atoms with Crippen LogP contribution in [0.25, 0.3) is 10.8 Å². The molecule has 2 heterocycles. The molecule has 4 N–H and O–H groups in total. The summed E-state index contributed by atoms with van der Waals surface area (Å²) in [5, 5.41) is 8.28. The molecule has 1 saturated heterocycles. The van der Waals surface area contributed by atoms with Crippen LogP contribution in [0.3, 0.4) is 0 Å². The van der Waals surface area contributed by atoms with E-state index < -0.39 is 6.04 Å². The number of likely N-dealkylation sites (tertiary alicyclic amines) is 1. The maximum atomic E-state index is 13.3. The Bertz CT molecular complexity index is 1150. The van der Waals surface area contributed by atoms with Crippen LogP contribution in [0.4, 0.5) is 5.82 Å². The summed E-state index contributed by atoms with van der Waals surface area (Å²) in [6, 6.07) is 17.4. The van der Waals surface area contributed by atoms with Crippen molar-refractivity contribution in [2.75, 3.05) is 12.3 Å². The largest absolute Gasteiger partial charge is 0.383 e. The van der Waals surface area contributed by atoms with Crippen molar-refractivity contribution in [3.8, 4) is 0 Å². The smallest absolute Gasteiger partial charge is 0.243 e. The highest BCUT2D eigenvalue weighted by Crippen LogP contribution is 2.22. The number of carbonyl (C=O) groups excluding carboxylic acids is 2. The molecule has 0 saturated carbocycles. The van der Waals surface area contributed by atoms with E-state index in [9.17, 15) is 9.59 Å². The summed E-state index contributed by atoms with van der Waals surface area (Å²) in [5.41, 5.74) is 8.11. The Morgan fingerprint density at radius 2 is 1.91 bits per heavy atom. The summed E-state index contributed by atoms with van der Waals surface area (Å²) in [5.74, 6) is 0.388. The van der Waals surface area contributed by atoms with E-state index >= 15 is 0 Å². The van der Waals surface area contributed by atoms with Crippen molar-refractivity contribution < 1.29 is 9.59 Å². The summed E-state index contributed by atoms with van der Waals surface area (Å²) < 4.78 is 0. The molecule has 1 aromatic heterocycles. The van der Waals surface area contributed by atoms with E-state index in [0.717, 1.165) is 22.8 Å². The van der Waals surface area contributed by atoms with Gasteiger partial charge in [-0.15, -0.1) is 0 Å². The van der Waals surface area contributed by atoms with E-state index in [0.29, 0.717) is 31.7 Å². The van der Waals surface area contributed by atoms with Crippen molar-refractivity contribution in [3.05, 3.63) is 71.9 Å². The summed E-state index contributed by atoms with van der Waals surface area (Å²) in [7, 11) is 0. The molecule has 1 unspecified atom stereocenters. The zero-order chi connectivity index (χ0) is 24.1. The van der Waals surface area contributed by atoms with Gasteiger partial charge in [0.15, 0.2) is 0 Å². The topological polar surface area (TPSA) is 100 Å². The van der Waals surface area contributed by atoms with E-state index in [2.05, 4.69) is 27.8 Å². The van der Waals surface area contributed by atoms with E-state index in [-0.39, 0.29) is 23.9 Å². The predicted molar refractivity (Wildman–Crippen MR) is 135 cm³/mol. The van der Waals surface area contributed by atoms with Crippen LogP contribution in [0.1, 0.15) is 37.8 Å². The lowest BCUT2D eigenvalue weighted by Gasteiger charge is -2.42. The van der Waals surface area contributed by atoms with Crippen molar-refractivity contribution in [1.29, 1.82) is 0 Å². The number of fused-ring (bicyclic) bond motifs is 1. The van der Waals surface area contributed by atoms with Crippen molar-refractivity contribution in [2.45, 2.75) is 57.8 Å². The average Bonchev–Trinajstić information content (AvgIpc) is 2.80. The number of nitrogens with one attached hydrogen (secondary N) is 2. The third-order valence-corrected chi connectivity index (χ3v) is 6.33. The average molecular weight is 460 g/mol. The van der Waals surface area contributed by atoms with E-state index in [1.165, 1.54) is 5.56 Å². The zero-order valence-corrected chi connectivity index (χ0v) is 19.8. The number of hydrogen-bond acceptors (Lipinski definition) is 5. The fourth-order valence-corrected chi connectivity index (χ4v) is 4.43. The molecule has 0 spiro atoms. The third kappa shape index (κ3) is 5.54. The van der Waals surface area contributed by atoms with Gasteiger partial charge in [-0.05, 0) is 47.9 Å². The highest BCUT2D eigenvalue weighted by molar-refractivity contribution is 5.92. The Hall–Kier alpha value is -3.45. The van der Waals surface area contributed by atoms with E-state index in [1.807, 2.05) is 56.3 Å². The number of nitrogens with zero attached hydrogens (tertiary/aromatic N) is 2. The second-order valence-corrected chi connectivity index (χ2v) is 9.20. The molecule has 1 fully saturated rings. The molecule has 1 aliphatic heterocycles. The Labute approximate surface area is 200 Å². The summed E-state index contributed by atoms with van der Waals surface area (Å²) in [6.07, 6.45) is 3.87. The minimum atomic E-state index is -0.416. The highest BCUT2D eigenvalue weighted by Gasteiger charge is 2.40. The van der Waals surface area contributed by atoms with Gasteiger partial charge in [-0.1, -0.05) is 56.3 Å². The molecule has 178 valence electrons. The van der Waals surface area contributed by atoms with Crippen LogP contribution in [0.2, 0.25) is 0 Å². The van der Waals surface area contributed by atoms with Gasteiger partial charge in [-0.3, -0.25) is 9.59 Å². The SMILES string of the molecule is CC(C)NC(CCc1ccccc1)C(=O)N1CC[C@H]1C(=O)NCc1ccc2c(N)nccc2c1. The number of anilines is 1. The molecule has 34 heavy (non-hydrogen) atoms. The Morgan fingerprint density at radius 1 is 1.12 bits per heavy atom. The number of carbonyl (C=O) groups is 2. The molecule has 7 heteroatoms. The van der Waals surface area contributed by atoms with Crippen LogP contribution < -0.4 is 16.4 Å². The molecule has 0 aliphatic carbocycles. The summed E-state index contributed by atoms with van der Waals surface area (Å²) in [6.45, 7) is 5.09. The van der Waals surface area contributed by atoms with Gasteiger partial charge in [0.2, 0.25) is 11.8 Å². The number of hydrogen-bond donors (Lipinski definition) is 3. The van der Waals surface area contributed by atoms with Crippen LogP contribution in [0, 0.1) is 0 Å². The van der Waals surface area contributed by atoms with Crippen LogP contribution in [-0.4, -0.2) is 46.4 Å². The lowest BCUT2D eigenvalue weighted by atomic mass is 9.97. The second kappa shape index (κ2) is 10.7. The molecule has 2 atom stereocenters. The van der Waals surface area contributed by atoms with E-state index in [4.69, 9.17) is 5.73 Å². The normalized spacial score (nSPS) is 16.3. The number of benzene rings is 2. The van der Waals surface area contributed by atoms with Gasteiger partial charge in [0.1, 0.15) is 11.9 Å². The lowest BCUT2D eigenvalue weighted by Crippen LogP contribution is -2.62. The molecule has 0 bridgehead atoms. The van der Waals surface area contributed by atoms with Gasteiger partial charge in [-0.2, -0.15) is 0 Å². The Balaban J connectivity index is 1.35. The Morgan fingerprint density at radius 3 is 2.62 bits per heavy atom. The minimum absolute atomic E-state index is 0.00436. The maximum Gasteiger partial charge on any atom is 0.243 e. The van der Waals surface area contributed by atoms with Crippen molar-refractivity contribution in [2.24, 2.45) is 0 Å². The number of pyridine rings is 1. The maximum absolute atomic E-state index is 13.3. The third-order valence-electron chi connectivity index (χ3n) is 6.33. The first-order valence-electron chi connectivity index (χ1n) is 11.9. The molecule has 1 aliphatic rings.